The molecule has 1 saturated heterocycles. The molecule has 3 aromatic rings. The van der Waals surface area contributed by atoms with Crippen LogP contribution in [0.5, 0.6) is 5.75 Å². The predicted molar refractivity (Wildman–Crippen MR) is 105 cm³/mol. The summed E-state index contributed by atoms with van der Waals surface area (Å²) < 4.78 is 10.7. The van der Waals surface area contributed by atoms with Crippen molar-refractivity contribution in [1.29, 1.82) is 0 Å². The van der Waals surface area contributed by atoms with Gasteiger partial charge in [-0.3, -0.25) is 4.79 Å². The van der Waals surface area contributed by atoms with Crippen molar-refractivity contribution in [3.05, 3.63) is 65.0 Å². The summed E-state index contributed by atoms with van der Waals surface area (Å²) in [6.07, 6.45) is 0.394. The van der Waals surface area contributed by atoms with Gasteiger partial charge in [0.25, 0.3) is 0 Å². The lowest BCUT2D eigenvalue weighted by atomic mass is 10.1. The maximum absolute atomic E-state index is 12.5. The molecule has 0 N–H and O–H groups in total. The first-order valence-electron chi connectivity index (χ1n) is 9.35. The van der Waals surface area contributed by atoms with Gasteiger partial charge in [-0.1, -0.05) is 29.4 Å². The Morgan fingerprint density at radius 3 is 2.64 bits per heavy atom. The van der Waals surface area contributed by atoms with Gasteiger partial charge in [-0.05, 0) is 48.7 Å². The number of aromatic nitrogens is 2. The van der Waals surface area contributed by atoms with E-state index in [1.807, 2.05) is 35.2 Å². The van der Waals surface area contributed by atoms with Crippen LogP contribution in [0.25, 0.3) is 11.4 Å². The highest BCUT2D eigenvalue weighted by atomic mass is 16.5. The van der Waals surface area contributed by atoms with Crippen molar-refractivity contribution in [3.63, 3.8) is 0 Å². The van der Waals surface area contributed by atoms with Crippen molar-refractivity contribution in [2.45, 2.75) is 32.7 Å². The smallest absolute Gasteiger partial charge is 0.232 e. The lowest BCUT2D eigenvalue weighted by molar-refractivity contribution is -0.128. The molecule has 1 aromatic heterocycles. The number of hydrogen-bond acceptors (Lipinski definition) is 5. The van der Waals surface area contributed by atoms with Gasteiger partial charge in [0.05, 0.1) is 13.0 Å². The molecule has 6 nitrogen and oxygen atoms in total. The highest BCUT2D eigenvalue weighted by molar-refractivity contribution is 5.79. The van der Waals surface area contributed by atoms with E-state index in [-0.39, 0.29) is 11.8 Å². The van der Waals surface area contributed by atoms with Crippen LogP contribution >= 0.6 is 0 Å². The number of hydrogen-bond donors (Lipinski definition) is 0. The Hall–Kier alpha value is -3.15. The Labute approximate surface area is 164 Å². The average molecular weight is 377 g/mol. The molecule has 0 aliphatic carbocycles. The molecular formula is C22H23N3O3. The molecule has 1 aliphatic rings. The number of methoxy groups -OCH3 is 1. The monoisotopic (exact) mass is 377 g/mol. The molecule has 1 atom stereocenters. The number of ether oxygens (including phenoxy) is 1. The van der Waals surface area contributed by atoms with Crippen LogP contribution < -0.4 is 4.74 Å². The number of benzene rings is 2. The van der Waals surface area contributed by atoms with Gasteiger partial charge in [0.1, 0.15) is 5.75 Å². The summed E-state index contributed by atoms with van der Waals surface area (Å²) in [4.78, 5) is 18.9. The van der Waals surface area contributed by atoms with E-state index in [4.69, 9.17) is 9.26 Å². The minimum atomic E-state index is -0.0708. The molecule has 0 spiro atoms. The minimum absolute atomic E-state index is 0.0708. The standard InChI is InChI=1S/C22H23N3O3/c1-14-4-7-17(10-15(14)2)21-23-22(28-24-21)18-11-20(26)25(13-18)12-16-5-8-19(27-3)9-6-16/h4-10,18H,11-13H2,1-3H3. The number of carbonyl (C=O) groups is 1. The molecule has 4 rings (SSSR count). The fourth-order valence-corrected chi connectivity index (χ4v) is 3.44. The quantitative estimate of drug-likeness (QED) is 0.675. The topological polar surface area (TPSA) is 68.5 Å². The van der Waals surface area contributed by atoms with Gasteiger partial charge >= 0.3 is 0 Å². The van der Waals surface area contributed by atoms with Crippen LogP contribution in [-0.4, -0.2) is 34.6 Å². The molecule has 144 valence electrons. The maximum atomic E-state index is 12.5. The lowest BCUT2D eigenvalue weighted by Gasteiger charge is -2.16. The van der Waals surface area contributed by atoms with Crippen LogP contribution in [0.2, 0.25) is 0 Å². The van der Waals surface area contributed by atoms with E-state index in [1.165, 1.54) is 11.1 Å². The summed E-state index contributed by atoms with van der Waals surface area (Å²) in [6, 6.07) is 13.9. The SMILES string of the molecule is COc1ccc(CN2CC(c3nc(-c4ccc(C)c(C)c4)no3)CC2=O)cc1. The van der Waals surface area contributed by atoms with Crippen LogP contribution in [0, 0.1) is 13.8 Å². The zero-order valence-electron chi connectivity index (χ0n) is 16.3. The Morgan fingerprint density at radius 2 is 1.93 bits per heavy atom. The highest BCUT2D eigenvalue weighted by Gasteiger charge is 2.34. The molecule has 28 heavy (non-hydrogen) atoms. The summed E-state index contributed by atoms with van der Waals surface area (Å²) in [5, 5.41) is 4.13. The number of aryl methyl sites for hydroxylation is 2. The van der Waals surface area contributed by atoms with Crippen LogP contribution in [-0.2, 0) is 11.3 Å². The van der Waals surface area contributed by atoms with Crippen molar-refractivity contribution in [3.8, 4) is 17.1 Å². The fraction of sp³-hybridized carbons (Fsp3) is 0.318. The first kappa shape index (κ1) is 18.2. The molecule has 1 amide bonds. The third-order valence-electron chi connectivity index (χ3n) is 5.30. The van der Waals surface area contributed by atoms with E-state index in [9.17, 15) is 4.79 Å². The predicted octanol–water partition coefficient (Wildman–Crippen LogP) is 3.88. The highest BCUT2D eigenvalue weighted by Crippen LogP contribution is 2.30. The van der Waals surface area contributed by atoms with Gasteiger partial charge in [0.15, 0.2) is 0 Å². The zero-order valence-corrected chi connectivity index (χ0v) is 16.3. The van der Waals surface area contributed by atoms with Crippen molar-refractivity contribution in [2.24, 2.45) is 0 Å². The summed E-state index contributed by atoms with van der Waals surface area (Å²) in [7, 11) is 1.64. The Balaban J connectivity index is 1.46. The summed E-state index contributed by atoms with van der Waals surface area (Å²) in [5.41, 5.74) is 4.40. The molecule has 2 aromatic carbocycles. The second kappa shape index (κ2) is 7.46. The van der Waals surface area contributed by atoms with Gasteiger partial charge < -0.3 is 14.2 Å². The number of nitrogens with zero attached hydrogens (tertiary/aromatic N) is 3. The third-order valence-corrected chi connectivity index (χ3v) is 5.30. The van der Waals surface area contributed by atoms with E-state index >= 15 is 0 Å². The Bertz CT molecular complexity index is 995. The van der Waals surface area contributed by atoms with Crippen LogP contribution in [0.4, 0.5) is 0 Å². The number of carbonyl (C=O) groups excluding carboxylic acids is 1. The molecule has 1 fully saturated rings. The van der Waals surface area contributed by atoms with Crippen LogP contribution in [0.15, 0.2) is 47.0 Å². The lowest BCUT2D eigenvalue weighted by Crippen LogP contribution is -2.24. The normalized spacial score (nSPS) is 16.6. The van der Waals surface area contributed by atoms with E-state index in [0.29, 0.717) is 31.2 Å². The molecular weight excluding hydrogens is 354 g/mol. The number of amides is 1. The first-order chi connectivity index (χ1) is 13.5. The maximum Gasteiger partial charge on any atom is 0.232 e. The van der Waals surface area contributed by atoms with E-state index < -0.39 is 0 Å². The van der Waals surface area contributed by atoms with Crippen molar-refractivity contribution in [1.82, 2.24) is 15.0 Å². The molecule has 1 unspecified atom stereocenters. The molecule has 0 radical (unpaired) electrons. The second-order valence-corrected chi connectivity index (χ2v) is 7.28. The second-order valence-electron chi connectivity index (χ2n) is 7.28. The first-order valence-corrected chi connectivity index (χ1v) is 9.35. The van der Waals surface area contributed by atoms with E-state index in [2.05, 4.69) is 36.1 Å². The molecule has 1 aliphatic heterocycles. The van der Waals surface area contributed by atoms with Crippen molar-refractivity contribution < 1.29 is 14.1 Å². The largest absolute Gasteiger partial charge is 0.497 e. The Kier molecular flexibility index (Phi) is 4.86. The third kappa shape index (κ3) is 3.63. The average Bonchev–Trinajstić information content (AvgIpc) is 3.32. The Morgan fingerprint density at radius 1 is 1.14 bits per heavy atom. The van der Waals surface area contributed by atoms with Gasteiger partial charge in [0.2, 0.25) is 17.6 Å². The van der Waals surface area contributed by atoms with Gasteiger partial charge in [-0.15, -0.1) is 0 Å². The van der Waals surface area contributed by atoms with Gasteiger partial charge in [-0.25, -0.2) is 0 Å². The summed E-state index contributed by atoms with van der Waals surface area (Å²) in [6.45, 7) is 5.28. The van der Waals surface area contributed by atoms with Crippen LogP contribution in [0.1, 0.15) is 34.9 Å². The molecule has 0 saturated carbocycles. The summed E-state index contributed by atoms with van der Waals surface area (Å²) >= 11 is 0. The minimum Gasteiger partial charge on any atom is -0.497 e. The van der Waals surface area contributed by atoms with Crippen molar-refractivity contribution >= 4 is 5.91 Å². The van der Waals surface area contributed by atoms with Gasteiger partial charge in [-0.2, -0.15) is 4.98 Å². The number of likely N-dealkylation sites (tertiary alicyclic amines) is 1. The zero-order chi connectivity index (χ0) is 19.7. The molecule has 0 bridgehead atoms. The van der Waals surface area contributed by atoms with E-state index in [1.54, 1.807) is 7.11 Å². The molecule has 6 heteroatoms. The van der Waals surface area contributed by atoms with Crippen LogP contribution in [0.3, 0.4) is 0 Å². The number of rotatable bonds is 5. The van der Waals surface area contributed by atoms with E-state index in [0.717, 1.165) is 16.9 Å². The fourth-order valence-electron chi connectivity index (χ4n) is 3.44. The van der Waals surface area contributed by atoms with Gasteiger partial charge in [0, 0.05) is 25.1 Å². The summed E-state index contributed by atoms with van der Waals surface area (Å²) in [5.74, 6) is 1.93. The van der Waals surface area contributed by atoms with Crippen molar-refractivity contribution in [2.75, 3.05) is 13.7 Å². The molecule has 2 heterocycles.